The summed E-state index contributed by atoms with van der Waals surface area (Å²) in [5.41, 5.74) is 7.60. The van der Waals surface area contributed by atoms with Crippen molar-refractivity contribution in [2.24, 2.45) is 5.73 Å². The van der Waals surface area contributed by atoms with Crippen molar-refractivity contribution in [2.45, 2.75) is 44.2 Å². The van der Waals surface area contributed by atoms with Crippen LogP contribution in [0.5, 0.6) is 0 Å². The van der Waals surface area contributed by atoms with Crippen LogP contribution < -0.4 is 11.1 Å². The molecule has 96 valence electrons. The van der Waals surface area contributed by atoms with Gasteiger partial charge in [0.1, 0.15) is 6.07 Å². The smallest absolute Gasteiger partial charge is 0.101 e. The summed E-state index contributed by atoms with van der Waals surface area (Å²) >= 11 is 5.98. The van der Waals surface area contributed by atoms with Crippen LogP contribution in [0.4, 0.5) is 5.69 Å². The zero-order valence-corrected chi connectivity index (χ0v) is 11.1. The first-order chi connectivity index (χ1) is 8.70. The quantitative estimate of drug-likeness (QED) is 0.805. The van der Waals surface area contributed by atoms with Crippen LogP contribution in [0, 0.1) is 11.3 Å². The fraction of sp³-hybridized carbons (Fsp3) is 0.500. The van der Waals surface area contributed by atoms with Gasteiger partial charge in [0, 0.05) is 17.1 Å². The molecule has 1 saturated carbocycles. The van der Waals surface area contributed by atoms with E-state index in [0.29, 0.717) is 10.6 Å². The van der Waals surface area contributed by atoms with Gasteiger partial charge in [-0.3, -0.25) is 0 Å². The molecule has 1 aromatic rings. The number of hydrogen-bond donors (Lipinski definition) is 2. The van der Waals surface area contributed by atoms with Crippen LogP contribution in [0.1, 0.15) is 37.7 Å². The van der Waals surface area contributed by atoms with Crippen LogP contribution in [0.2, 0.25) is 5.02 Å². The van der Waals surface area contributed by atoms with Crippen molar-refractivity contribution in [1.82, 2.24) is 0 Å². The lowest BCUT2D eigenvalue weighted by Crippen LogP contribution is -2.39. The molecule has 0 bridgehead atoms. The molecule has 0 aromatic heterocycles. The van der Waals surface area contributed by atoms with E-state index in [4.69, 9.17) is 22.6 Å². The Labute approximate surface area is 113 Å². The van der Waals surface area contributed by atoms with E-state index in [1.807, 2.05) is 0 Å². The molecule has 2 unspecified atom stereocenters. The molecule has 1 aliphatic rings. The highest BCUT2D eigenvalue weighted by Gasteiger charge is 2.21. The van der Waals surface area contributed by atoms with E-state index in [1.54, 1.807) is 18.2 Å². The Morgan fingerprint density at radius 1 is 1.28 bits per heavy atom. The highest BCUT2D eigenvalue weighted by Crippen LogP contribution is 2.25. The number of rotatable bonds is 2. The van der Waals surface area contributed by atoms with Crippen molar-refractivity contribution in [3.05, 3.63) is 28.8 Å². The molecule has 1 aliphatic carbocycles. The standard InChI is InChI=1S/C14H18ClN3/c15-11-7-6-10(9-16)14(8-11)18-13-5-3-1-2-4-12(13)17/h6-8,12-13,18H,1-5,17H2. The van der Waals surface area contributed by atoms with E-state index in [1.165, 1.54) is 19.3 Å². The van der Waals surface area contributed by atoms with Crippen molar-refractivity contribution in [2.75, 3.05) is 5.32 Å². The van der Waals surface area contributed by atoms with Gasteiger partial charge < -0.3 is 11.1 Å². The van der Waals surface area contributed by atoms with Crippen LogP contribution in [-0.4, -0.2) is 12.1 Å². The lowest BCUT2D eigenvalue weighted by Gasteiger charge is -2.24. The number of nitrogens with zero attached hydrogens (tertiary/aromatic N) is 1. The predicted molar refractivity (Wildman–Crippen MR) is 74.6 cm³/mol. The van der Waals surface area contributed by atoms with Gasteiger partial charge in [-0.2, -0.15) is 5.26 Å². The predicted octanol–water partition coefficient (Wildman–Crippen LogP) is 3.28. The van der Waals surface area contributed by atoms with Crippen LogP contribution in [0.15, 0.2) is 18.2 Å². The zero-order chi connectivity index (χ0) is 13.0. The molecular formula is C14H18ClN3. The van der Waals surface area contributed by atoms with Crippen molar-refractivity contribution >= 4 is 17.3 Å². The Balaban J connectivity index is 2.17. The average molecular weight is 264 g/mol. The molecular weight excluding hydrogens is 246 g/mol. The molecule has 0 spiro atoms. The van der Waals surface area contributed by atoms with Gasteiger partial charge in [-0.25, -0.2) is 0 Å². The Morgan fingerprint density at radius 3 is 2.83 bits per heavy atom. The Kier molecular flexibility index (Phi) is 4.46. The van der Waals surface area contributed by atoms with E-state index in [-0.39, 0.29) is 12.1 Å². The normalized spacial score (nSPS) is 24.1. The van der Waals surface area contributed by atoms with Gasteiger partial charge in [-0.15, -0.1) is 0 Å². The maximum atomic E-state index is 9.10. The number of hydrogen-bond acceptors (Lipinski definition) is 3. The molecule has 0 heterocycles. The summed E-state index contributed by atoms with van der Waals surface area (Å²) in [5, 5.41) is 13.1. The first-order valence-electron chi connectivity index (χ1n) is 6.42. The van der Waals surface area contributed by atoms with Gasteiger partial charge in [-0.05, 0) is 31.0 Å². The SMILES string of the molecule is N#Cc1ccc(Cl)cc1NC1CCCCCC1N. The van der Waals surface area contributed by atoms with Gasteiger partial charge in [0.15, 0.2) is 0 Å². The Bertz CT molecular complexity index is 453. The van der Waals surface area contributed by atoms with E-state index in [0.717, 1.165) is 18.5 Å². The molecule has 4 heteroatoms. The number of nitriles is 1. The Morgan fingerprint density at radius 2 is 2.06 bits per heavy atom. The van der Waals surface area contributed by atoms with Crippen molar-refractivity contribution in [1.29, 1.82) is 5.26 Å². The zero-order valence-electron chi connectivity index (χ0n) is 10.3. The first kappa shape index (κ1) is 13.2. The monoisotopic (exact) mass is 263 g/mol. The lowest BCUT2D eigenvalue weighted by atomic mass is 10.0. The number of anilines is 1. The fourth-order valence-electron chi connectivity index (χ4n) is 2.45. The largest absolute Gasteiger partial charge is 0.380 e. The van der Waals surface area contributed by atoms with E-state index in [9.17, 15) is 0 Å². The molecule has 1 aromatic carbocycles. The molecule has 0 amide bonds. The summed E-state index contributed by atoms with van der Waals surface area (Å²) in [4.78, 5) is 0. The minimum Gasteiger partial charge on any atom is -0.380 e. The highest BCUT2D eigenvalue weighted by atomic mass is 35.5. The molecule has 0 aliphatic heterocycles. The van der Waals surface area contributed by atoms with Crippen molar-refractivity contribution in [3.63, 3.8) is 0 Å². The molecule has 2 rings (SSSR count). The third-order valence-corrected chi connectivity index (χ3v) is 3.75. The topological polar surface area (TPSA) is 61.8 Å². The van der Waals surface area contributed by atoms with Gasteiger partial charge in [-0.1, -0.05) is 30.9 Å². The minimum absolute atomic E-state index is 0.151. The van der Waals surface area contributed by atoms with Gasteiger partial charge in [0.05, 0.1) is 11.3 Å². The van der Waals surface area contributed by atoms with Crippen molar-refractivity contribution < 1.29 is 0 Å². The van der Waals surface area contributed by atoms with Crippen molar-refractivity contribution in [3.8, 4) is 6.07 Å². The summed E-state index contributed by atoms with van der Waals surface area (Å²) in [6.45, 7) is 0. The van der Waals surface area contributed by atoms with E-state index >= 15 is 0 Å². The minimum atomic E-state index is 0.151. The summed E-state index contributed by atoms with van der Waals surface area (Å²) in [7, 11) is 0. The van der Waals surface area contributed by atoms with E-state index in [2.05, 4.69) is 11.4 Å². The van der Waals surface area contributed by atoms with Gasteiger partial charge in [0.2, 0.25) is 0 Å². The average Bonchev–Trinajstić information content (AvgIpc) is 2.55. The molecule has 0 saturated heterocycles. The fourth-order valence-corrected chi connectivity index (χ4v) is 2.62. The number of halogens is 1. The maximum Gasteiger partial charge on any atom is 0.101 e. The van der Waals surface area contributed by atoms with Gasteiger partial charge in [0.25, 0.3) is 0 Å². The maximum absolute atomic E-state index is 9.10. The second kappa shape index (κ2) is 6.08. The van der Waals surface area contributed by atoms with Crippen LogP contribution in [0.25, 0.3) is 0 Å². The lowest BCUT2D eigenvalue weighted by molar-refractivity contribution is 0.528. The number of nitrogens with two attached hydrogens (primary N) is 1. The summed E-state index contributed by atoms with van der Waals surface area (Å²) in [5.74, 6) is 0. The second-order valence-electron chi connectivity index (χ2n) is 4.85. The molecule has 2 atom stereocenters. The molecule has 1 fully saturated rings. The number of nitrogens with one attached hydrogen (secondary N) is 1. The molecule has 18 heavy (non-hydrogen) atoms. The highest BCUT2D eigenvalue weighted by molar-refractivity contribution is 6.30. The summed E-state index contributed by atoms with van der Waals surface area (Å²) in [6.07, 6.45) is 5.72. The first-order valence-corrected chi connectivity index (χ1v) is 6.80. The second-order valence-corrected chi connectivity index (χ2v) is 5.29. The van der Waals surface area contributed by atoms with Gasteiger partial charge >= 0.3 is 0 Å². The summed E-state index contributed by atoms with van der Waals surface area (Å²) in [6, 6.07) is 7.85. The third kappa shape index (κ3) is 3.16. The van der Waals surface area contributed by atoms with E-state index < -0.39 is 0 Å². The molecule has 3 N–H and O–H groups in total. The van der Waals surface area contributed by atoms with Crippen LogP contribution >= 0.6 is 11.6 Å². The van der Waals surface area contributed by atoms with Crippen LogP contribution in [0.3, 0.4) is 0 Å². The Hall–Kier alpha value is -1.24. The van der Waals surface area contributed by atoms with Crippen LogP contribution in [-0.2, 0) is 0 Å². The third-order valence-electron chi connectivity index (χ3n) is 3.51. The molecule has 0 radical (unpaired) electrons. The molecule has 3 nitrogen and oxygen atoms in total. The summed E-state index contributed by atoms with van der Waals surface area (Å²) < 4.78 is 0. The number of benzene rings is 1.